The molecular formula is C14H18ClNO2. The largest absolute Gasteiger partial charge is 0.388 e. The fourth-order valence-corrected chi connectivity index (χ4v) is 2.64. The normalized spacial score (nSPS) is 17.7. The zero-order valence-corrected chi connectivity index (χ0v) is 11.3. The standard InChI is InChI=1S/C14H18ClNO2/c1-16(10-14(18)8-2-3-9-14)13(17)11-4-6-12(15)7-5-11/h4-7,18H,2-3,8-10H2,1H3. The summed E-state index contributed by atoms with van der Waals surface area (Å²) in [5.74, 6) is -0.0769. The van der Waals surface area contributed by atoms with E-state index in [2.05, 4.69) is 0 Å². The number of likely N-dealkylation sites (N-methyl/N-ethyl adjacent to an activating group) is 1. The number of rotatable bonds is 3. The van der Waals surface area contributed by atoms with Gasteiger partial charge in [0.1, 0.15) is 0 Å². The van der Waals surface area contributed by atoms with Crippen molar-refractivity contribution in [1.29, 1.82) is 0 Å². The molecule has 0 aliphatic heterocycles. The van der Waals surface area contributed by atoms with E-state index in [9.17, 15) is 9.90 Å². The summed E-state index contributed by atoms with van der Waals surface area (Å²) in [5, 5.41) is 10.9. The third-order valence-electron chi connectivity index (χ3n) is 3.50. The van der Waals surface area contributed by atoms with E-state index in [1.54, 1.807) is 36.2 Å². The smallest absolute Gasteiger partial charge is 0.253 e. The van der Waals surface area contributed by atoms with Crippen LogP contribution in [0.3, 0.4) is 0 Å². The lowest BCUT2D eigenvalue weighted by atomic mass is 10.0. The first kappa shape index (κ1) is 13.4. The molecule has 0 aromatic heterocycles. The average molecular weight is 268 g/mol. The summed E-state index contributed by atoms with van der Waals surface area (Å²) in [6, 6.07) is 6.82. The second-order valence-corrected chi connectivity index (χ2v) is 5.54. The monoisotopic (exact) mass is 267 g/mol. The van der Waals surface area contributed by atoms with Crippen LogP contribution in [0.5, 0.6) is 0 Å². The summed E-state index contributed by atoms with van der Waals surface area (Å²) in [6.07, 6.45) is 3.65. The van der Waals surface area contributed by atoms with E-state index in [0.29, 0.717) is 17.1 Å². The molecule has 2 rings (SSSR count). The lowest BCUT2D eigenvalue weighted by Crippen LogP contribution is -2.42. The lowest BCUT2D eigenvalue weighted by Gasteiger charge is -2.28. The molecule has 1 aromatic rings. The van der Waals surface area contributed by atoms with Crippen molar-refractivity contribution in [3.63, 3.8) is 0 Å². The predicted octanol–water partition coefficient (Wildman–Crippen LogP) is 2.72. The molecule has 0 atom stereocenters. The van der Waals surface area contributed by atoms with Crippen LogP contribution in [-0.4, -0.2) is 35.1 Å². The number of amides is 1. The Hall–Kier alpha value is -1.06. The maximum Gasteiger partial charge on any atom is 0.253 e. The van der Waals surface area contributed by atoms with Crippen LogP contribution < -0.4 is 0 Å². The van der Waals surface area contributed by atoms with Gasteiger partial charge in [-0.25, -0.2) is 0 Å². The van der Waals surface area contributed by atoms with Crippen molar-refractivity contribution in [1.82, 2.24) is 4.90 Å². The Bertz CT molecular complexity index is 424. The number of hydrogen-bond donors (Lipinski definition) is 1. The highest BCUT2D eigenvalue weighted by molar-refractivity contribution is 6.30. The van der Waals surface area contributed by atoms with Crippen LogP contribution in [0.4, 0.5) is 0 Å². The van der Waals surface area contributed by atoms with E-state index in [-0.39, 0.29) is 5.91 Å². The summed E-state index contributed by atoms with van der Waals surface area (Å²) >= 11 is 5.79. The second-order valence-electron chi connectivity index (χ2n) is 5.10. The van der Waals surface area contributed by atoms with E-state index in [4.69, 9.17) is 11.6 Å². The molecule has 1 aromatic carbocycles. The second kappa shape index (κ2) is 5.29. The van der Waals surface area contributed by atoms with Crippen molar-refractivity contribution >= 4 is 17.5 Å². The Balaban J connectivity index is 2.02. The van der Waals surface area contributed by atoms with E-state index >= 15 is 0 Å². The summed E-state index contributed by atoms with van der Waals surface area (Å²) in [5.41, 5.74) is -0.0971. The van der Waals surface area contributed by atoms with Gasteiger partial charge in [0, 0.05) is 24.2 Å². The summed E-state index contributed by atoms with van der Waals surface area (Å²) < 4.78 is 0. The molecule has 1 aliphatic rings. The molecule has 0 spiro atoms. The van der Waals surface area contributed by atoms with Crippen LogP contribution >= 0.6 is 11.6 Å². The van der Waals surface area contributed by atoms with Gasteiger partial charge in [-0.05, 0) is 37.1 Å². The third-order valence-corrected chi connectivity index (χ3v) is 3.76. The molecule has 1 fully saturated rings. The fraction of sp³-hybridized carbons (Fsp3) is 0.500. The summed E-state index contributed by atoms with van der Waals surface area (Å²) in [4.78, 5) is 13.7. The fourth-order valence-electron chi connectivity index (χ4n) is 2.52. The van der Waals surface area contributed by atoms with E-state index in [0.717, 1.165) is 25.7 Å². The summed E-state index contributed by atoms with van der Waals surface area (Å²) in [7, 11) is 1.73. The molecule has 98 valence electrons. The minimum absolute atomic E-state index is 0.0769. The van der Waals surface area contributed by atoms with Gasteiger partial charge in [-0.1, -0.05) is 24.4 Å². The lowest BCUT2D eigenvalue weighted by molar-refractivity contribution is 0.0157. The van der Waals surface area contributed by atoms with Crippen molar-refractivity contribution in [2.75, 3.05) is 13.6 Å². The Labute approximate surface area is 112 Å². The molecule has 0 saturated heterocycles. The molecule has 0 radical (unpaired) electrons. The highest BCUT2D eigenvalue weighted by Gasteiger charge is 2.33. The molecular weight excluding hydrogens is 250 g/mol. The molecule has 18 heavy (non-hydrogen) atoms. The first-order valence-corrected chi connectivity index (χ1v) is 6.61. The third kappa shape index (κ3) is 3.03. The minimum Gasteiger partial charge on any atom is -0.388 e. The topological polar surface area (TPSA) is 40.5 Å². The molecule has 0 bridgehead atoms. The van der Waals surface area contributed by atoms with Gasteiger partial charge in [-0.3, -0.25) is 4.79 Å². The SMILES string of the molecule is CN(CC1(O)CCCC1)C(=O)c1ccc(Cl)cc1. The van der Waals surface area contributed by atoms with Crippen LogP contribution in [0.2, 0.25) is 5.02 Å². The highest BCUT2D eigenvalue weighted by atomic mass is 35.5. The molecule has 4 heteroatoms. The minimum atomic E-state index is -0.698. The van der Waals surface area contributed by atoms with Crippen LogP contribution in [0.15, 0.2) is 24.3 Å². The predicted molar refractivity (Wildman–Crippen MR) is 71.8 cm³/mol. The maximum absolute atomic E-state index is 12.2. The number of hydrogen-bond acceptors (Lipinski definition) is 2. The Morgan fingerprint density at radius 1 is 1.33 bits per heavy atom. The van der Waals surface area contributed by atoms with Gasteiger partial charge in [-0.2, -0.15) is 0 Å². The first-order chi connectivity index (χ1) is 8.50. The quantitative estimate of drug-likeness (QED) is 0.915. The van der Waals surface area contributed by atoms with Gasteiger partial charge in [-0.15, -0.1) is 0 Å². The number of carbonyl (C=O) groups is 1. The number of nitrogens with zero attached hydrogens (tertiary/aromatic N) is 1. The highest BCUT2D eigenvalue weighted by Crippen LogP contribution is 2.30. The number of benzene rings is 1. The van der Waals surface area contributed by atoms with E-state index in [1.165, 1.54) is 0 Å². The van der Waals surface area contributed by atoms with Gasteiger partial charge in [0.05, 0.1) is 5.60 Å². The van der Waals surface area contributed by atoms with Crippen molar-refractivity contribution in [3.8, 4) is 0 Å². The van der Waals surface area contributed by atoms with Gasteiger partial charge < -0.3 is 10.0 Å². The Kier molecular flexibility index (Phi) is 3.93. The Morgan fingerprint density at radius 3 is 2.44 bits per heavy atom. The summed E-state index contributed by atoms with van der Waals surface area (Å²) in [6.45, 7) is 0.397. The van der Waals surface area contributed by atoms with Crippen LogP contribution in [0.25, 0.3) is 0 Å². The van der Waals surface area contributed by atoms with E-state index < -0.39 is 5.60 Å². The Morgan fingerprint density at radius 2 is 1.89 bits per heavy atom. The molecule has 0 heterocycles. The first-order valence-electron chi connectivity index (χ1n) is 6.24. The zero-order valence-electron chi connectivity index (χ0n) is 10.5. The number of carbonyl (C=O) groups excluding carboxylic acids is 1. The number of aliphatic hydroxyl groups is 1. The molecule has 0 unspecified atom stereocenters. The van der Waals surface area contributed by atoms with Gasteiger partial charge >= 0.3 is 0 Å². The zero-order chi connectivity index (χ0) is 13.2. The van der Waals surface area contributed by atoms with Gasteiger partial charge in [0.25, 0.3) is 5.91 Å². The molecule has 3 nitrogen and oxygen atoms in total. The van der Waals surface area contributed by atoms with Crippen molar-refractivity contribution in [2.45, 2.75) is 31.3 Å². The van der Waals surface area contributed by atoms with E-state index in [1.807, 2.05) is 0 Å². The molecule has 1 amide bonds. The van der Waals surface area contributed by atoms with Gasteiger partial charge in [0.15, 0.2) is 0 Å². The average Bonchev–Trinajstić information content (AvgIpc) is 2.76. The van der Waals surface area contributed by atoms with Gasteiger partial charge in [0.2, 0.25) is 0 Å². The molecule has 1 saturated carbocycles. The van der Waals surface area contributed by atoms with Crippen molar-refractivity contribution in [2.24, 2.45) is 0 Å². The van der Waals surface area contributed by atoms with Crippen molar-refractivity contribution < 1.29 is 9.90 Å². The van der Waals surface area contributed by atoms with Crippen LogP contribution in [0, 0.1) is 0 Å². The van der Waals surface area contributed by atoms with Crippen LogP contribution in [0.1, 0.15) is 36.0 Å². The number of halogens is 1. The maximum atomic E-state index is 12.2. The van der Waals surface area contributed by atoms with Crippen molar-refractivity contribution in [3.05, 3.63) is 34.9 Å². The molecule has 1 aliphatic carbocycles. The van der Waals surface area contributed by atoms with Crippen LogP contribution in [-0.2, 0) is 0 Å². The molecule has 1 N–H and O–H groups in total.